The van der Waals surface area contributed by atoms with Crippen LogP contribution >= 0.6 is 36.2 Å². The molecule has 2 heterocycles. The average molecular weight is 360 g/mol. The van der Waals surface area contributed by atoms with E-state index in [0.717, 1.165) is 30.2 Å². The number of thiazole rings is 1. The van der Waals surface area contributed by atoms with Gasteiger partial charge in [-0.05, 0) is 6.92 Å². The second-order valence-electron chi connectivity index (χ2n) is 4.96. The van der Waals surface area contributed by atoms with Gasteiger partial charge in [0.2, 0.25) is 0 Å². The van der Waals surface area contributed by atoms with Crippen LogP contribution in [-0.4, -0.2) is 41.5 Å². The van der Waals surface area contributed by atoms with E-state index in [1.165, 1.54) is 11.3 Å². The van der Waals surface area contributed by atoms with E-state index in [0.29, 0.717) is 5.69 Å². The minimum Gasteiger partial charge on any atom is -0.332 e. The molecular formula is C15H19Cl2N3OS. The molecule has 0 spiro atoms. The second-order valence-corrected chi connectivity index (χ2v) is 5.81. The van der Waals surface area contributed by atoms with Gasteiger partial charge >= 0.3 is 0 Å². The minimum absolute atomic E-state index is 0. The molecule has 0 bridgehead atoms. The summed E-state index contributed by atoms with van der Waals surface area (Å²) in [6, 6.07) is 10.2. The predicted octanol–water partition coefficient (Wildman–Crippen LogP) is 3.09. The highest BCUT2D eigenvalue weighted by molar-refractivity contribution is 7.13. The molecule has 22 heavy (non-hydrogen) atoms. The first-order valence-electron chi connectivity index (χ1n) is 6.78. The van der Waals surface area contributed by atoms with Crippen molar-refractivity contribution in [1.29, 1.82) is 0 Å². The van der Waals surface area contributed by atoms with Gasteiger partial charge in [0.05, 0.1) is 0 Å². The number of nitrogens with zero attached hydrogens (tertiary/aromatic N) is 2. The van der Waals surface area contributed by atoms with Crippen LogP contribution in [0.15, 0.2) is 35.7 Å². The molecule has 1 aromatic heterocycles. The largest absolute Gasteiger partial charge is 0.332 e. The first kappa shape index (κ1) is 18.9. The Morgan fingerprint density at radius 2 is 2.05 bits per heavy atom. The van der Waals surface area contributed by atoms with E-state index in [1.807, 2.05) is 40.6 Å². The lowest BCUT2D eigenvalue weighted by Gasteiger charge is -2.33. The lowest BCUT2D eigenvalue weighted by molar-refractivity contribution is 0.0650. The first-order valence-corrected chi connectivity index (χ1v) is 7.66. The zero-order chi connectivity index (χ0) is 13.9. The summed E-state index contributed by atoms with van der Waals surface area (Å²) in [4.78, 5) is 18.9. The molecular weight excluding hydrogens is 341 g/mol. The van der Waals surface area contributed by atoms with Crippen molar-refractivity contribution in [3.8, 4) is 10.6 Å². The summed E-state index contributed by atoms with van der Waals surface area (Å²) >= 11 is 1.52. The Balaban J connectivity index is 0.00000121. The number of benzene rings is 1. The van der Waals surface area contributed by atoms with E-state index in [2.05, 4.69) is 17.2 Å². The quantitative estimate of drug-likeness (QED) is 0.895. The zero-order valence-corrected chi connectivity index (χ0v) is 14.6. The molecule has 1 saturated heterocycles. The fraction of sp³-hybridized carbons (Fsp3) is 0.333. The number of rotatable bonds is 2. The third-order valence-electron chi connectivity index (χ3n) is 3.51. The van der Waals surface area contributed by atoms with Crippen molar-refractivity contribution in [1.82, 2.24) is 15.2 Å². The smallest absolute Gasteiger partial charge is 0.273 e. The number of hydrogen-bond donors (Lipinski definition) is 1. The van der Waals surface area contributed by atoms with Gasteiger partial charge in [-0.15, -0.1) is 36.2 Å². The Bertz CT molecular complexity index is 606. The van der Waals surface area contributed by atoms with Crippen LogP contribution in [0.3, 0.4) is 0 Å². The molecule has 4 nitrogen and oxygen atoms in total. The van der Waals surface area contributed by atoms with Crippen LogP contribution in [0.25, 0.3) is 10.6 Å². The van der Waals surface area contributed by atoms with Crippen molar-refractivity contribution < 1.29 is 4.79 Å². The van der Waals surface area contributed by atoms with Gasteiger partial charge in [0, 0.05) is 36.6 Å². The number of carbonyl (C=O) groups excluding carboxylic acids is 1. The number of piperazine rings is 1. The second kappa shape index (κ2) is 8.48. The molecule has 1 fully saturated rings. The van der Waals surface area contributed by atoms with Gasteiger partial charge in [-0.25, -0.2) is 4.98 Å². The van der Waals surface area contributed by atoms with Crippen molar-refractivity contribution >= 4 is 42.1 Å². The van der Waals surface area contributed by atoms with Crippen molar-refractivity contribution in [3.05, 3.63) is 41.4 Å². The summed E-state index contributed by atoms with van der Waals surface area (Å²) in [6.07, 6.45) is 0. The minimum atomic E-state index is 0. The number of halogens is 2. The number of nitrogens with one attached hydrogen (secondary N) is 1. The number of aromatic nitrogens is 1. The van der Waals surface area contributed by atoms with Crippen molar-refractivity contribution in [2.75, 3.05) is 19.6 Å². The molecule has 1 aromatic carbocycles. The summed E-state index contributed by atoms with van der Waals surface area (Å²) in [5.41, 5.74) is 1.62. The zero-order valence-electron chi connectivity index (χ0n) is 12.2. The van der Waals surface area contributed by atoms with Gasteiger partial charge in [0.15, 0.2) is 0 Å². The van der Waals surface area contributed by atoms with Crippen LogP contribution in [0, 0.1) is 0 Å². The Morgan fingerprint density at radius 3 is 2.73 bits per heavy atom. The molecule has 0 saturated carbocycles. The molecule has 0 aliphatic carbocycles. The molecule has 0 unspecified atom stereocenters. The standard InChI is InChI=1S/C15H17N3OS.2ClH/c1-11-9-16-7-8-18(11)15(19)13-10-20-14(17-13)12-5-3-2-4-6-12;;/h2-6,10-11,16H,7-9H2,1H3;2*1H/t11-;;/m1../s1. The topological polar surface area (TPSA) is 45.2 Å². The van der Waals surface area contributed by atoms with E-state index < -0.39 is 0 Å². The number of hydrogen-bond acceptors (Lipinski definition) is 4. The van der Waals surface area contributed by atoms with Crippen molar-refractivity contribution in [2.45, 2.75) is 13.0 Å². The van der Waals surface area contributed by atoms with Crippen molar-refractivity contribution in [2.24, 2.45) is 0 Å². The molecule has 1 aliphatic rings. The van der Waals surface area contributed by atoms with Gasteiger partial charge in [-0.2, -0.15) is 0 Å². The van der Waals surface area contributed by atoms with E-state index in [1.54, 1.807) is 0 Å². The fourth-order valence-electron chi connectivity index (χ4n) is 2.38. The van der Waals surface area contributed by atoms with Crippen LogP contribution in [0.1, 0.15) is 17.4 Å². The molecule has 0 radical (unpaired) electrons. The summed E-state index contributed by atoms with van der Waals surface area (Å²) < 4.78 is 0. The van der Waals surface area contributed by atoms with Gasteiger partial charge in [-0.3, -0.25) is 4.79 Å². The molecule has 7 heteroatoms. The molecule has 1 aliphatic heterocycles. The van der Waals surface area contributed by atoms with Crippen LogP contribution in [0.2, 0.25) is 0 Å². The van der Waals surface area contributed by atoms with Gasteiger partial charge in [0.25, 0.3) is 5.91 Å². The maximum absolute atomic E-state index is 12.5. The third-order valence-corrected chi connectivity index (χ3v) is 4.40. The Kier molecular flexibility index (Phi) is 7.29. The summed E-state index contributed by atoms with van der Waals surface area (Å²) in [5.74, 6) is 0.0393. The first-order chi connectivity index (χ1) is 9.75. The van der Waals surface area contributed by atoms with Crippen LogP contribution in [-0.2, 0) is 0 Å². The summed E-state index contributed by atoms with van der Waals surface area (Å²) in [5, 5.41) is 6.05. The van der Waals surface area contributed by atoms with Crippen molar-refractivity contribution in [3.63, 3.8) is 0 Å². The van der Waals surface area contributed by atoms with E-state index in [-0.39, 0.29) is 36.8 Å². The number of amides is 1. The van der Waals surface area contributed by atoms with Crippen LogP contribution in [0.4, 0.5) is 0 Å². The molecule has 2 aromatic rings. The van der Waals surface area contributed by atoms with E-state index in [4.69, 9.17) is 0 Å². The Morgan fingerprint density at radius 1 is 1.32 bits per heavy atom. The maximum atomic E-state index is 12.5. The van der Waals surface area contributed by atoms with Gasteiger partial charge in [0.1, 0.15) is 10.7 Å². The average Bonchev–Trinajstić information content (AvgIpc) is 2.98. The molecule has 1 atom stereocenters. The Labute approximate surface area is 146 Å². The highest BCUT2D eigenvalue weighted by atomic mass is 35.5. The lowest BCUT2D eigenvalue weighted by atomic mass is 10.2. The van der Waals surface area contributed by atoms with Gasteiger partial charge in [-0.1, -0.05) is 30.3 Å². The van der Waals surface area contributed by atoms with E-state index in [9.17, 15) is 4.79 Å². The number of carbonyl (C=O) groups is 1. The third kappa shape index (κ3) is 3.98. The normalized spacial score (nSPS) is 17.3. The van der Waals surface area contributed by atoms with Crippen LogP contribution in [0.5, 0.6) is 0 Å². The molecule has 3 rings (SSSR count). The monoisotopic (exact) mass is 359 g/mol. The maximum Gasteiger partial charge on any atom is 0.273 e. The molecule has 1 N–H and O–H groups in total. The van der Waals surface area contributed by atoms with E-state index >= 15 is 0 Å². The fourth-order valence-corrected chi connectivity index (χ4v) is 3.18. The highest BCUT2D eigenvalue weighted by Crippen LogP contribution is 2.24. The van der Waals surface area contributed by atoms with Gasteiger partial charge < -0.3 is 10.2 Å². The van der Waals surface area contributed by atoms with Crippen LogP contribution < -0.4 is 5.32 Å². The SMILES string of the molecule is C[C@@H]1CNCCN1C(=O)c1csc(-c2ccccc2)n1.Cl.Cl. The molecule has 120 valence electrons. The predicted molar refractivity (Wildman–Crippen MR) is 95.4 cm³/mol. The summed E-state index contributed by atoms with van der Waals surface area (Å²) in [6.45, 7) is 4.51. The molecule has 1 amide bonds. The summed E-state index contributed by atoms with van der Waals surface area (Å²) in [7, 11) is 0. The Hall–Kier alpha value is -1.14. The highest BCUT2D eigenvalue weighted by Gasteiger charge is 2.25. The lowest BCUT2D eigenvalue weighted by Crippen LogP contribution is -2.52.